The van der Waals surface area contributed by atoms with Crippen LogP contribution in [0.1, 0.15) is 11.3 Å². The number of aromatic amines is 1. The number of hydrogen-bond donors (Lipinski definition) is 1. The number of benzene rings is 1. The number of ether oxygens (including phenoxy) is 1. The van der Waals surface area contributed by atoms with Gasteiger partial charge in [-0.1, -0.05) is 42.1 Å². The molecule has 0 aliphatic carbocycles. The van der Waals surface area contributed by atoms with E-state index in [0.29, 0.717) is 5.88 Å². The molecule has 0 atom stereocenters. The van der Waals surface area contributed by atoms with E-state index in [4.69, 9.17) is 4.74 Å². The molecule has 0 spiro atoms. The zero-order valence-corrected chi connectivity index (χ0v) is 12.1. The van der Waals surface area contributed by atoms with Gasteiger partial charge in [0, 0.05) is 5.75 Å². The number of H-pyrrole nitrogens is 1. The van der Waals surface area contributed by atoms with Crippen LogP contribution < -0.4 is 4.74 Å². The maximum Gasteiger partial charge on any atom is 0.259 e. The fourth-order valence-electron chi connectivity index (χ4n) is 1.92. The predicted molar refractivity (Wildman–Crippen MR) is 79.0 cm³/mol. The van der Waals surface area contributed by atoms with Crippen LogP contribution in [0.4, 0.5) is 0 Å². The van der Waals surface area contributed by atoms with Crippen LogP contribution in [0, 0.1) is 6.92 Å². The fourth-order valence-corrected chi connectivity index (χ4v) is 2.75. The number of hydrogen-bond acceptors (Lipinski definition) is 5. The molecule has 0 bridgehead atoms. The quantitative estimate of drug-likeness (QED) is 0.747. The molecule has 0 fully saturated rings. The molecule has 0 radical (unpaired) electrons. The van der Waals surface area contributed by atoms with Gasteiger partial charge in [-0.3, -0.25) is 0 Å². The summed E-state index contributed by atoms with van der Waals surface area (Å²) in [7, 11) is 1.58. The molecule has 5 nitrogen and oxygen atoms in total. The molecule has 1 N–H and O–H groups in total. The van der Waals surface area contributed by atoms with Gasteiger partial charge in [0.1, 0.15) is 11.0 Å². The highest BCUT2D eigenvalue weighted by molar-refractivity contribution is 7.98. The molecule has 6 heteroatoms. The minimum Gasteiger partial charge on any atom is -0.478 e. The van der Waals surface area contributed by atoms with E-state index in [1.54, 1.807) is 18.9 Å². The van der Waals surface area contributed by atoms with Crippen LogP contribution in [0.3, 0.4) is 0 Å². The molecule has 1 aromatic carbocycles. The zero-order chi connectivity index (χ0) is 13.9. The van der Waals surface area contributed by atoms with Crippen LogP contribution in [-0.4, -0.2) is 27.3 Å². The number of fused-ring (bicyclic) bond motifs is 1. The Labute approximate surface area is 120 Å². The molecule has 0 amide bonds. The highest BCUT2D eigenvalue weighted by atomic mass is 32.2. The Balaban J connectivity index is 1.88. The largest absolute Gasteiger partial charge is 0.478 e. The van der Waals surface area contributed by atoms with Crippen molar-refractivity contribution in [2.24, 2.45) is 0 Å². The monoisotopic (exact) mass is 286 g/mol. The van der Waals surface area contributed by atoms with Gasteiger partial charge in [0.25, 0.3) is 5.88 Å². The molecular weight excluding hydrogens is 272 g/mol. The molecule has 2 aromatic heterocycles. The summed E-state index contributed by atoms with van der Waals surface area (Å²) in [5.74, 6) is 1.34. The molecule has 2 heterocycles. The lowest BCUT2D eigenvalue weighted by atomic mass is 10.2. The standard InChI is InChI=1S/C14H14N4OS/c1-9-11-12(13(19-2)18-17-9)16-14(15-11)20-8-10-6-4-3-5-7-10/h3-7H,8H2,1-2H3,(H,15,16). The van der Waals surface area contributed by atoms with Crippen LogP contribution in [-0.2, 0) is 5.75 Å². The number of nitrogens with one attached hydrogen (secondary N) is 1. The topological polar surface area (TPSA) is 63.7 Å². The van der Waals surface area contributed by atoms with E-state index in [1.807, 2.05) is 25.1 Å². The van der Waals surface area contributed by atoms with Gasteiger partial charge in [-0.25, -0.2) is 4.98 Å². The van der Waals surface area contributed by atoms with Crippen LogP contribution in [0.5, 0.6) is 5.88 Å². The summed E-state index contributed by atoms with van der Waals surface area (Å²) in [5, 5.41) is 8.89. The second-order valence-electron chi connectivity index (χ2n) is 4.33. The number of rotatable bonds is 4. The number of thioether (sulfide) groups is 1. The first-order valence-corrected chi connectivity index (χ1v) is 7.20. The first kappa shape index (κ1) is 12.9. The molecule has 3 rings (SSSR count). The Morgan fingerprint density at radius 1 is 1.20 bits per heavy atom. The lowest BCUT2D eigenvalue weighted by molar-refractivity contribution is 0.396. The number of aromatic nitrogens is 4. The summed E-state index contributed by atoms with van der Waals surface area (Å²) in [6, 6.07) is 10.3. The second kappa shape index (κ2) is 5.50. The number of aryl methyl sites for hydroxylation is 1. The molecule has 102 valence electrons. The van der Waals surface area contributed by atoms with Crippen molar-refractivity contribution in [2.45, 2.75) is 17.8 Å². The van der Waals surface area contributed by atoms with Crippen LogP contribution >= 0.6 is 11.8 Å². The summed E-state index contributed by atoms with van der Waals surface area (Å²) in [5.41, 5.74) is 3.67. The molecule has 0 aliphatic heterocycles. The van der Waals surface area contributed by atoms with Gasteiger partial charge >= 0.3 is 0 Å². The average molecular weight is 286 g/mol. The van der Waals surface area contributed by atoms with E-state index in [9.17, 15) is 0 Å². The van der Waals surface area contributed by atoms with Crippen LogP contribution in [0.25, 0.3) is 11.0 Å². The summed E-state index contributed by atoms with van der Waals surface area (Å²) in [4.78, 5) is 7.81. The number of nitrogens with zero attached hydrogens (tertiary/aromatic N) is 3. The first-order chi connectivity index (χ1) is 9.78. The van der Waals surface area contributed by atoms with Crippen molar-refractivity contribution in [1.82, 2.24) is 20.2 Å². The van der Waals surface area contributed by atoms with Crippen molar-refractivity contribution in [2.75, 3.05) is 7.11 Å². The minimum atomic E-state index is 0.477. The van der Waals surface area contributed by atoms with Gasteiger partial charge in [0.2, 0.25) is 0 Å². The van der Waals surface area contributed by atoms with Crippen molar-refractivity contribution in [3.8, 4) is 5.88 Å². The Morgan fingerprint density at radius 2 is 2.00 bits per heavy atom. The van der Waals surface area contributed by atoms with E-state index in [-0.39, 0.29) is 0 Å². The van der Waals surface area contributed by atoms with Gasteiger partial charge < -0.3 is 9.72 Å². The third kappa shape index (κ3) is 2.46. The summed E-state index contributed by atoms with van der Waals surface area (Å²) in [6.07, 6.45) is 0. The maximum atomic E-state index is 5.20. The summed E-state index contributed by atoms with van der Waals surface area (Å²) < 4.78 is 5.20. The minimum absolute atomic E-state index is 0.477. The fraction of sp³-hybridized carbons (Fsp3) is 0.214. The SMILES string of the molecule is COc1nnc(C)c2nc(SCc3ccccc3)[nH]c12. The van der Waals surface area contributed by atoms with Gasteiger partial charge in [-0.05, 0) is 12.5 Å². The third-order valence-electron chi connectivity index (χ3n) is 2.94. The van der Waals surface area contributed by atoms with Crippen molar-refractivity contribution in [1.29, 1.82) is 0 Å². The molecule has 3 aromatic rings. The predicted octanol–water partition coefficient (Wildman–Crippen LogP) is 2.96. The van der Waals surface area contributed by atoms with Gasteiger partial charge in [-0.2, -0.15) is 0 Å². The van der Waals surface area contributed by atoms with Crippen molar-refractivity contribution in [3.05, 3.63) is 41.6 Å². The van der Waals surface area contributed by atoms with Gasteiger partial charge in [-0.15, -0.1) is 10.2 Å². The molecular formula is C14H14N4OS. The highest BCUT2D eigenvalue weighted by Gasteiger charge is 2.12. The molecule has 0 saturated heterocycles. The highest BCUT2D eigenvalue weighted by Crippen LogP contribution is 2.27. The Hall–Kier alpha value is -2.08. The first-order valence-electron chi connectivity index (χ1n) is 6.21. The van der Waals surface area contributed by atoms with Gasteiger partial charge in [0.15, 0.2) is 5.16 Å². The van der Waals surface area contributed by atoms with E-state index in [0.717, 1.165) is 27.6 Å². The number of methoxy groups -OCH3 is 1. The molecule has 0 aliphatic rings. The lowest BCUT2D eigenvalue weighted by Gasteiger charge is -1.99. The Kier molecular flexibility index (Phi) is 3.56. The van der Waals surface area contributed by atoms with Crippen LogP contribution in [0.15, 0.2) is 35.5 Å². The van der Waals surface area contributed by atoms with E-state index in [1.165, 1.54) is 5.56 Å². The zero-order valence-electron chi connectivity index (χ0n) is 11.3. The van der Waals surface area contributed by atoms with Crippen molar-refractivity contribution < 1.29 is 4.74 Å². The summed E-state index contributed by atoms with van der Waals surface area (Å²) >= 11 is 1.65. The molecule has 0 saturated carbocycles. The van der Waals surface area contributed by atoms with Crippen molar-refractivity contribution in [3.63, 3.8) is 0 Å². The normalized spacial score (nSPS) is 10.9. The lowest BCUT2D eigenvalue weighted by Crippen LogP contribution is -1.94. The van der Waals surface area contributed by atoms with Crippen molar-refractivity contribution >= 4 is 22.8 Å². The van der Waals surface area contributed by atoms with Gasteiger partial charge in [0.05, 0.1) is 12.8 Å². The maximum absolute atomic E-state index is 5.20. The van der Waals surface area contributed by atoms with Crippen LogP contribution in [0.2, 0.25) is 0 Å². The number of imidazole rings is 1. The van der Waals surface area contributed by atoms with E-state index in [2.05, 4.69) is 32.3 Å². The van der Waals surface area contributed by atoms with E-state index < -0.39 is 0 Å². The Morgan fingerprint density at radius 3 is 2.75 bits per heavy atom. The third-order valence-corrected chi connectivity index (χ3v) is 3.89. The van der Waals surface area contributed by atoms with E-state index >= 15 is 0 Å². The molecule has 20 heavy (non-hydrogen) atoms. The smallest absolute Gasteiger partial charge is 0.259 e. The second-order valence-corrected chi connectivity index (χ2v) is 5.30. The average Bonchev–Trinajstić information content (AvgIpc) is 2.92. The summed E-state index contributed by atoms with van der Waals surface area (Å²) in [6.45, 7) is 1.89. The molecule has 0 unspecified atom stereocenters. The Bertz CT molecular complexity index is 727.